The zero-order chi connectivity index (χ0) is 13.5. The minimum atomic E-state index is -0.502. The first-order valence-corrected chi connectivity index (χ1v) is 5.96. The molecule has 0 heterocycles. The first-order chi connectivity index (χ1) is 8.54. The van der Waals surface area contributed by atoms with E-state index in [0.717, 1.165) is 12.8 Å². The summed E-state index contributed by atoms with van der Waals surface area (Å²) < 4.78 is 5.09. The molecule has 5 nitrogen and oxygen atoms in total. The van der Waals surface area contributed by atoms with Crippen molar-refractivity contribution in [3.63, 3.8) is 0 Å². The largest absolute Gasteiger partial charge is 0.462 e. The van der Waals surface area contributed by atoms with E-state index in [9.17, 15) is 14.9 Å². The molecule has 0 aliphatic carbocycles. The maximum absolute atomic E-state index is 11.6. The van der Waals surface area contributed by atoms with Gasteiger partial charge in [-0.3, -0.25) is 10.1 Å². The van der Waals surface area contributed by atoms with Gasteiger partial charge < -0.3 is 4.74 Å². The monoisotopic (exact) mass is 251 g/mol. The van der Waals surface area contributed by atoms with E-state index in [1.807, 2.05) is 0 Å². The van der Waals surface area contributed by atoms with Gasteiger partial charge in [-0.2, -0.15) is 0 Å². The van der Waals surface area contributed by atoms with Crippen LogP contribution >= 0.6 is 0 Å². The van der Waals surface area contributed by atoms with Crippen LogP contribution in [0.15, 0.2) is 24.3 Å². The van der Waals surface area contributed by atoms with Crippen molar-refractivity contribution >= 4 is 11.7 Å². The van der Waals surface area contributed by atoms with E-state index in [1.54, 1.807) is 0 Å². The van der Waals surface area contributed by atoms with Crippen LogP contribution in [0, 0.1) is 16.0 Å². The van der Waals surface area contributed by atoms with Crippen molar-refractivity contribution in [3.8, 4) is 0 Å². The van der Waals surface area contributed by atoms with E-state index < -0.39 is 10.9 Å². The van der Waals surface area contributed by atoms with E-state index in [-0.39, 0.29) is 5.69 Å². The molecule has 1 atom stereocenters. The number of non-ortho nitro benzene ring substituents is 1. The number of hydrogen-bond acceptors (Lipinski definition) is 4. The summed E-state index contributed by atoms with van der Waals surface area (Å²) in [5.41, 5.74) is 0.302. The van der Waals surface area contributed by atoms with Gasteiger partial charge in [-0.1, -0.05) is 20.3 Å². The fourth-order valence-electron chi connectivity index (χ4n) is 1.36. The van der Waals surface area contributed by atoms with E-state index in [4.69, 9.17) is 4.74 Å². The molecule has 1 rings (SSSR count). The maximum atomic E-state index is 11.6. The van der Waals surface area contributed by atoms with Gasteiger partial charge in [-0.05, 0) is 24.5 Å². The lowest BCUT2D eigenvalue weighted by atomic mass is 10.1. The summed E-state index contributed by atoms with van der Waals surface area (Å²) in [4.78, 5) is 21.6. The molecule has 0 fully saturated rings. The smallest absolute Gasteiger partial charge is 0.338 e. The number of nitro benzene ring substituents is 1. The molecule has 5 heteroatoms. The summed E-state index contributed by atoms with van der Waals surface area (Å²) in [5, 5.41) is 10.5. The standard InChI is InChI=1S/C13H17NO4/c1-3-10(2)8-9-18-13(15)11-4-6-12(7-5-11)14(16)17/h4-7,10H,3,8-9H2,1-2H3/t10-/m0/s1. The molecule has 0 aromatic heterocycles. The Morgan fingerprint density at radius 3 is 2.50 bits per heavy atom. The predicted octanol–water partition coefficient (Wildman–Crippen LogP) is 3.19. The highest BCUT2D eigenvalue weighted by molar-refractivity contribution is 5.89. The SMILES string of the molecule is CC[C@H](C)CCOC(=O)c1ccc([N+](=O)[O-])cc1. The molecule has 18 heavy (non-hydrogen) atoms. The summed E-state index contributed by atoms with van der Waals surface area (Å²) >= 11 is 0. The number of carbonyl (C=O) groups is 1. The van der Waals surface area contributed by atoms with E-state index in [1.165, 1.54) is 24.3 Å². The first-order valence-electron chi connectivity index (χ1n) is 5.96. The van der Waals surface area contributed by atoms with Gasteiger partial charge in [0.1, 0.15) is 0 Å². The van der Waals surface area contributed by atoms with Crippen LogP contribution in [0.3, 0.4) is 0 Å². The number of nitro groups is 1. The molecule has 0 unspecified atom stereocenters. The Hall–Kier alpha value is -1.91. The summed E-state index contributed by atoms with van der Waals surface area (Å²) in [7, 11) is 0. The Bertz CT molecular complexity index is 414. The highest BCUT2D eigenvalue weighted by Crippen LogP contribution is 2.13. The van der Waals surface area contributed by atoms with Crippen LogP contribution in [0.5, 0.6) is 0 Å². The van der Waals surface area contributed by atoms with Crippen molar-refractivity contribution in [3.05, 3.63) is 39.9 Å². The average Bonchev–Trinajstić information content (AvgIpc) is 2.38. The second kappa shape index (κ2) is 6.74. The van der Waals surface area contributed by atoms with Crippen molar-refractivity contribution in [2.75, 3.05) is 6.61 Å². The molecule has 0 saturated heterocycles. The fraction of sp³-hybridized carbons (Fsp3) is 0.462. The lowest BCUT2D eigenvalue weighted by molar-refractivity contribution is -0.384. The average molecular weight is 251 g/mol. The molecule has 98 valence electrons. The second-order valence-corrected chi connectivity index (χ2v) is 4.24. The van der Waals surface area contributed by atoms with Gasteiger partial charge in [0.05, 0.1) is 17.1 Å². The van der Waals surface area contributed by atoms with Gasteiger partial charge in [0.2, 0.25) is 0 Å². The lowest BCUT2D eigenvalue weighted by Gasteiger charge is -2.08. The lowest BCUT2D eigenvalue weighted by Crippen LogP contribution is -2.08. The number of carbonyl (C=O) groups excluding carboxylic acids is 1. The molecule has 0 bridgehead atoms. The highest BCUT2D eigenvalue weighted by atomic mass is 16.6. The number of benzene rings is 1. The molecule has 0 amide bonds. The maximum Gasteiger partial charge on any atom is 0.338 e. The molecular formula is C13H17NO4. The zero-order valence-corrected chi connectivity index (χ0v) is 10.6. The topological polar surface area (TPSA) is 69.4 Å². The van der Waals surface area contributed by atoms with Crippen molar-refractivity contribution in [1.29, 1.82) is 0 Å². The van der Waals surface area contributed by atoms with Crippen LogP contribution in [0.2, 0.25) is 0 Å². The molecule has 1 aromatic rings. The summed E-state index contributed by atoms with van der Waals surface area (Å²) in [5.74, 6) is 0.0860. The number of hydrogen-bond donors (Lipinski definition) is 0. The van der Waals surface area contributed by atoms with Crippen LogP contribution in [-0.2, 0) is 4.74 Å². The minimum Gasteiger partial charge on any atom is -0.462 e. The van der Waals surface area contributed by atoms with Crippen LogP contribution in [0.1, 0.15) is 37.0 Å². The number of ether oxygens (including phenoxy) is 1. The Morgan fingerprint density at radius 2 is 2.00 bits per heavy atom. The Kier molecular flexibility index (Phi) is 5.30. The van der Waals surface area contributed by atoms with Gasteiger partial charge in [0.15, 0.2) is 0 Å². The number of rotatable bonds is 6. The molecule has 0 radical (unpaired) electrons. The fourth-order valence-corrected chi connectivity index (χ4v) is 1.36. The molecule has 0 N–H and O–H groups in total. The van der Waals surface area contributed by atoms with Gasteiger partial charge in [0, 0.05) is 12.1 Å². The van der Waals surface area contributed by atoms with Crippen molar-refractivity contribution in [1.82, 2.24) is 0 Å². The second-order valence-electron chi connectivity index (χ2n) is 4.24. The van der Waals surface area contributed by atoms with E-state index in [0.29, 0.717) is 18.1 Å². The van der Waals surface area contributed by atoms with E-state index >= 15 is 0 Å². The summed E-state index contributed by atoms with van der Waals surface area (Å²) in [6, 6.07) is 5.41. The quantitative estimate of drug-likeness (QED) is 0.442. The third kappa shape index (κ3) is 4.16. The van der Waals surface area contributed by atoms with Crippen molar-refractivity contribution in [2.24, 2.45) is 5.92 Å². The van der Waals surface area contributed by atoms with Crippen LogP contribution < -0.4 is 0 Å². The van der Waals surface area contributed by atoms with Gasteiger partial charge in [0.25, 0.3) is 5.69 Å². The Balaban J connectivity index is 2.49. The first kappa shape index (κ1) is 14.2. The van der Waals surface area contributed by atoms with Crippen LogP contribution in [-0.4, -0.2) is 17.5 Å². The third-order valence-electron chi connectivity index (χ3n) is 2.85. The van der Waals surface area contributed by atoms with Crippen LogP contribution in [0.4, 0.5) is 5.69 Å². The Labute approximate surface area is 106 Å². The molecule has 0 spiro atoms. The Morgan fingerprint density at radius 1 is 1.39 bits per heavy atom. The number of esters is 1. The van der Waals surface area contributed by atoms with Crippen molar-refractivity contribution in [2.45, 2.75) is 26.7 Å². The predicted molar refractivity (Wildman–Crippen MR) is 67.5 cm³/mol. The minimum absolute atomic E-state index is 0.0360. The normalized spacial score (nSPS) is 11.9. The molecule has 1 aromatic carbocycles. The van der Waals surface area contributed by atoms with Crippen LogP contribution in [0.25, 0.3) is 0 Å². The molecule has 0 aliphatic heterocycles. The molecule has 0 saturated carbocycles. The van der Waals surface area contributed by atoms with Crippen molar-refractivity contribution < 1.29 is 14.5 Å². The highest BCUT2D eigenvalue weighted by Gasteiger charge is 2.10. The van der Waals surface area contributed by atoms with E-state index in [2.05, 4.69) is 13.8 Å². The third-order valence-corrected chi connectivity index (χ3v) is 2.85. The van der Waals surface area contributed by atoms with Gasteiger partial charge in [-0.25, -0.2) is 4.79 Å². The van der Waals surface area contributed by atoms with Gasteiger partial charge >= 0.3 is 5.97 Å². The number of nitrogens with zero attached hydrogens (tertiary/aromatic N) is 1. The summed E-state index contributed by atoms with van der Waals surface area (Å²) in [6.07, 6.45) is 1.88. The zero-order valence-electron chi connectivity index (χ0n) is 10.6. The molecule has 0 aliphatic rings. The molecular weight excluding hydrogens is 234 g/mol. The summed E-state index contributed by atoms with van der Waals surface area (Å²) in [6.45, 7) is 4.56. The van der Waals surface area contributed by atoms with Gasteiger partial charge in [-0.15, -0.1) is 0 Å².